The second-order valence-electron chi connectivity index (χ2n) is 9.78. The third-order valence-corrected chi connectivity index (χ3v) is 7.05. The lowest BCUT2D eigenvalue weighted by atomic mass is 10.1. The van der Waals surface area contributed by atoms with E-state index in [2.05, 4.69) is 21.7 Å². The van der Waals surface area contributed by atoms with Gasteiger partial charge < -0.3 is 24.8 Å². The van der Waals surface area contributed by atoms with E-state index in [0.29, 0.717) is 48.9 Å². The lowest BCUT2D eigenvalue weighted by Crippen LogP contribution is -2.49. The number of carbonyl (C=O) groups is 1. The number of ether oxygens (including phenoxy) is 1. The lowest BCUT2D eigenvalue weighted by Gasteiger charge is -2.31. The van der Waals surface area contributed by atoms with Crippen molar-refractivity contribution in [2.75, 3.05) is 26.8 Å². The van der Waals surface area contributed by atoms with Crippen molar-refractivity contribution in [3.05, 3.63) is 89.0 Å². The number of nitrogens with zero attached hydrogens (tertiary/aromatic N) is 4. The predicted octanol–water partition coefficient (Wildman–Crippen LogP) is 4.67. The van der Waals surface area contributed by atoms with Crippen LogP contribution in [0.2, 0.25) is 0 Å². The summed E-state index contributed by atoms with van der Waals surface area (Å²) in [7, 11) is 1.59. The van der Waals surface area contributed by atoms with Crippen molar-refractivity contribution >= 4 is 23.2 Å². The third-order valence-electron chi connectivity index (χ3n) is 6.65. The highest BCUT2D eigenvalue weighted by molar-refractivity contribution is 7.80. The summed E-state index contributed by atoms with van der Waals surface area (Å²) in [5.41, 5.74) is 1.61. The molecule has 1 amide bonds. The number of hydrogen-bond donors (Lipinski definition) is 2. The number of hydrogen-bond acceptors (Lipinski definition) is 5. The van der Waals surface area contributed by atoms with Crippen molar-refractivity contribution in [1.29, 1.82) is 5.26 Å². The molecule has 0 unspecified atom stereocenters. The molecule has 2 aromatic carbocycles. The number of benzene rings is 2. The zero-order valence-electron chi connectivity index (χ0n) is 23.7. The summed E-state index contributed by atoms with van der Waals surface area (Å²) in [6, 6.07) is 14.3. The number of methoxy groups -OCH3 is 1. The SMILES string of the molecule is CC[C@@H](CN(Cc1ccccc1C(F)(F)F)C(=S)NCCCOC)NC(=O)Cc1cncn1Cc1ccc(C#N)cc1. The van der Waals surface area contributed by atoms with Crippen molar-refractivity contribution in [3.63, 3.8) is 0 Å². The largest absolute Gasteiger partial charge is 0.416 e. The van der Waals surface area contributed by atoms with Crippen molar-refractivity contribution in [1.82, 2.24) is 25.1 Å². The van der Waals surface area contributed by atoms with Gasteiger partial charge in [-0.1, -0.05) is 37.3 Å². The molecule has 0 bridgehead atoms. The molecule has 1 aromatic heterocycles. The number of nitriles is 1. The number of thiocarbonyl (C=S) groups is 1. The number of rotatable bonds is 14. The quantitative estimate of drug-likeness (QED) is 0.205. The van der Waals surface area contributed by atoms with Crippen LogP contribution >= 0.6 is 12.2 Å². The number of imidazole rings is 1. The molecule has 0 spiro atoms. The summed E-state index contributed by atoms with van der Waals surface area (Å²) in [4.78, 5) is 18.9. The molecule has 224 valence electrons. The monoisotopic (exact) mass is 600 g/mol. The van der Waals surface area contributed by atoms with Crippen LogP contribution in [-0.2, 0) is 35.2 Å². The maximum Gasteiger partial charge on any atom is 0.416 e. The molecular formula is C30H35F3N6O2S. The Morgan fingerprint density at radius 3 is 2.62 bits per heavy atom. The summed E-state index contributed by atoms with van der Waals surface area (Å²) in [5.74, 6) is -0.238. The van der Waals surface area contributed by atoms with Crippen LogP contribution in [0.5, 0.6) is 0 Å². The van der Waals surface area contributed by atoms with E-state index in [1.807, 2.05) is 23.6 Å². The van der Waals surface area contributed by atoms with Crippen LogP contribution in [0.4, 0.5) is 13.2 Å². The summed E-state index contributed by atoms with van der Waals surface area (Å²) >= 11 is 5.58. The number of alkyl halides is 3. The minimum absolute atomic E-state index is 0.0728. The van der Waals surface area contributed by atoms with Crippen LogP contribution in [0.15, 0.2) is 61.1 Å². The second kappa shape index (κ2) is 15.9. The average Bonchev–Trinajstić information content (AvgIpc) is 3.40. The summed E-state index contributed by atoms with van der Waals surface area (Å²) < 4.78 is 48.1. The zero-order valence-corrected chi connectivity index (χ0v) is 24.5. The van der Waals surface area contributed by atoms with E-state index >= 15 is 0 Å². The van der Waals surface area contributed by atoms with Crippen LogP contribution in [0, 0.1) is 11.3 Å². The molecule has 0 saturated heterocycles. The van der Waals surface area contributed by atoms with Gasteiger partial charge in [-0.05, 0) is 54.4 Å². The van der Waals surface area contributed by atoms with E-state index < -0.39 is 11.7 Å². The van der Waals surface area contributed by atoms with Gasteiger partial charge in [0.2, 0.25) is 5.91 Å². The topological polar surface area (TPSA) is 95.2 Å². The molecule has 0 aliphatic carbocycles. The normalized spacial score (nSPS) is 11.9. The van der Waals surface area contributed by atoms with Gasteiger partial charge in [-0.3, -0.25) is 4.79 Å². The Balaban J connectivity index is 1.70. The Morgan fingerprint density at radius 1 is 1.21 bits per heavy atom. The van der Waals surface area contributed by atoms with Gasteiger partial charge in [0, 0.05) is 57.8 Å². The van der Waals surface area contributed by atoms with Gasteiger partial charge >= 0.3 is 6.18 Å². The van der Waals surface area contributed by atoms with Crippen molar-refractivity contribution in [3.8, 4) is 6.07 Å². The van der Waals surface area contributed by atoms with E-state index in [-0.39, 0.29) is 37.0 Å². The molecule has 0 aliphatic rings. The molecule has 1 heterocycles. The van der Waals surface area contributed by atoms with Gasteiger partial charge in [0.15, 0.2) is 5.11 Å². The Hall–Kier alpha value is -3.95. The highest BCUT2D eigenvalue weighted by Gasteiger charge is 2.33. The predicted molar refractivity (Wildman–Crippen MR) is 157 cm³/mol. The van der Waals surface area contributed by atoms with E-state index in [1.54, 1.807) is 42.7 Å². The Labute approximate surface area is 249 Å². The highest BCUT2D eigenvalue weighted by Crippen LogP contribution is 2.32. The first-order valence-electron chi connectivity index (χ1n) is 13.6. The number of aromatic nitrogens is 2. The minimum atomic E-state index is -4.51. The summed E-state index contributed by atoms with van der Waals surface area (Å²) in [5, 5.41) is 15.4. The fourth-order valence-electron chi connectivity index (χ4n) is 4.39. The molecule has 2 N–H and O–H groups in total. The number of amides is 1. The molecule has 0 aliphatic heterocycles. The fourth-order valence-corrected chi connectivity index (χ4v) is 4.63. The number of carbonyl (C=O) groups excluding carboxylic acids is 1. The minimum Gasteiger partial charge on any atom is -0.385 e. The zero-order chi connectivity index (χ0) is 30.5. The Morgan fingerprint density at radius 2 is 1.95 bits per heavy atom. The third kappa shape index (κ3) is 9.85. The van der Waals surface area contributed by atoms with E-state index in [1.165, 1.54) is 12.1 Å². The van der Waals surface area contributed by atoms with Gasteiger partial charge in [0.1, 0.15) is 0 Å². The Kier molecular flexibility index (Phi) is 12.3. The van der Waals surface area contributed by atoms with Gasteiger partial charge in [-0.2, -0.15) is 18.4 Å². The fraction of sp³-hybridized carbons (Fsp3) is 0.400. The standard InChI is InChI=1S/C30H35F3N6O2S/c1-3-25(37-28(40)15-26-17-35-21-39(26)18-23-11-9-22(16-34)10-12-23)20-38(29(42)36-13-6-14-41-2)19-24-7-4-5-8-27(24)30(31,32)33/h4-5,7-12,17,21,25H,3,6,13-15,18-20H2,1-2H3,(H,36,42)(H,37,40)/t25-/m0/s1. The second-order valence-corrected chi connectivity index (χ2v) is 10.2. The molecule has 1 atom stereocenters. The van der Waals surface area contributed by atoms with Crippen LogP contribution in [0.1, 0.15) is 47.7 Å². The highest BCUT2D eigenvalue weighted by atomic mass is 32.1. The number of nitrogens with one attached hydrogen (secondary N) is 2. The number of halogens is 3. The molecule has 0 saturated carbocycles. The molecule has 8 nitrogen and oxygen atoms in total. The van der Waals surface area contributed by atoms with E-state index in [9.17, 15) is 18.0 Å². The lowest BCUT2D eigenvalue weighted by molar-refractivity contribution is -0.138. The van der Waals surface area contributed by atoms with Crippen molar-refractivity contribution in [2.45, 2.75) is 51.5 Å². The summed E-state index contributed by atoms with van der Waals surface area (Å²) in [6.45, 7) is 3.54. The van der Waals surface area contributed by atoms with Gasteiger partial charge in [-0.15, -0.1) is 0 Å². The molecule has 3 rings (SSSR count). The first-order valence-corrected chi connectivity index (χ1v) is 14.0. The van der Waals surface area contributed by atoms with Gasteiger partial charge in [0.25, 0.3) is 0 Å². The summed E-state index contributed by atoms with van der Waals surface area (Å²) in [6.07, 6.45) is 0.0567. The van der Waals surface area contributed by atoms with Crippen LogP contribution in [0.25, 0.3) is 0 Å². The first kappa shape index (κ1) is 32.6. The van der Waals surface area contributed by atoms with E-state index in [4.69, 9.17) is 22.2 Å². The molecule has 0 fully saturated rings. The maximum absolute atomic E-state index is 13.7. The van der Waals surface area contributed by atoms with E-state index in [0.717, 1.165) is 11.6 Å². The van der Waals surface area contributed by atoms with Crippen LogP contribution in [-0.4, -0.2) is 58.3 Å². The van der Waals surface area contributed by atoms with Crippen molar-refractivity contribution < 1.29 is 22.7 Å². The first-order chi connectivity index (χ1) is 20.1. The average molecular weight is 601 g/mol. The molecule has 0 radical (unpaired) electrons. The molecular weight excluding hydrogens is 565 g/mol. The van der Waals surface area contributed by atoms with Crippen molar-refractivity contribution in [2.24, 2.45) is 0 Å². The van der Waals surface area contributed by atoms with Crippen LogP contribution < -0.4 is 10.6 Å². The molecule has 12 heteroatoms. The Bertz CT molecular complexity index is 1350. The molecule has 42 heavy (non-hydrogen) atoms. The smallest absolute Gasteiger partial charge is 0.385 e. The molecule has 3 aromatic rings. The maximum atomic E-state index is 13.7. The van der Waals surface area contributed by atoms with Gasteiger partial charge in [-0.25, -0.2) is 4.98 Å². The van der Waals surface area contributed by atoms with Crippen LogP contribution in [0.3, 0.4) is 0 Å². The van der Waals surface area contributed by atoms with Gasteiger partial charge in [0.05, 0.1) is 29.9 Å².